The van der Waals surface area contributed by atoms with Gasteiger partial charge in [-0.2, -0.15) is 0 Å². The third kappa shape index (κ3) is 4.22. The summed E-state index contributed by atoms with van der Waals surface area (Å²) in [7, 11) is -3.40. The molecule has 13 nitrogen and oxygen atoms in total. The van der Waals surface area contributed by atoms with Gasteiger partial charge in [-0.05, 0) is 34.7 Å². The van der Waals surface area contributed by atoms with Crippen LogP contribution in [0.1, 0.15) is 0 Å². The minimum atomic E-state index is -5.05. The number of phosphoric acid groups is 1. The van der Waals surface area contributed by atoms with Gasteiger partial charge in [-0.3, -0.25) is 9.51 Å². The number of aromatic nitrogens is 5. The van der Waals surface area contributed by atoms with E-state index in [0.717, 1.165) is 11.0 Å². The van der Waals surface area contributed by atoms with E-state index in [-0.39, 0.29) is 11.3 Å². The van der Waals surface area contributed by atoms with Gasteiger partial charge in [0, 0.05) is 24.4 Å². The van der Waals surface area contributed by atoms with Crippen LogP contribution in [-0.2, 0) is 20.9 Å². The first-order valence-corrected chi connectivity index (χ1v) is 10.5. The van der Waals surface area contributed by atoms with Crippen LogP contribution >= 0.6 is 7.82 Å². The van der Waals surface area contributed by atoms with Crippen molar-refractivity contribution in [2.75, 3.05) is 11.5 Å². The number of aryl methyl sites for hydroxylation is 1. The molecule has 3 heterocycles. The van der Waals surface area contributed by atoms with Gasteiger partial charge in [-0.15, -0.1) is 5.10 Å². The van der Waals surface area contributed by atoms with Crippen LogP contribution < -0.4 is 4.90 Å². The number of benzene rings is 1. The van der Waals surface area contributed by atoms with Crippen LogP contribution in [0.4, 0.5) is 14.9 Å². The van der Waals surface area contributed by atoms with Gasteiger partial charge in [-0.1, -0.05) is 6.07 Å². The number of ether oxygens (including phenoxy) is 1. The van der Waals surface area contributed by atoms with E-state index in [2.05, 4.69) is 25.0 Å². The number of amides is 1. The number of phosphoric ester groups is 1. The Morgan fingerprint density at radius 1 is 1.28 bits per heavy atom. The lowest BCUT2D eigenvalue weighted by molar-refractivity contribution is 0.0212. The number of aliphatic hydroxyl groups excluding tert-OH is 1. The number of halogens is 1. The van der Waals surface area contributed by atoms with E-state index in [0.29, 0.717) is 17.1 Å². The van der Waals surface area contributed by atoms with E-state index in [4.69, 9.17) is 14.5 Å². The van der Waals surface area contributed by atoms with Gasteiger partial charge >= 0.3 is 13.9 Å². The van der Waals surface area contributed by atoms with Crippen LogP contribution in [0.3, 0.4) is 0 Å². The quantitative estimate of drug-likeness (QED) is 0.439. The molecule has 0 radical (unpaired) electrons. The molecule has 0 saturated carbocycles. The van der Waals surface area contributed by atoms with Crippen LogP contribution in [0.2, 0.25) is 0 Å². The summed E-state index contributed by atoms with van der Waals surface area (Å²) in [6.07, 6.45) is -2.66. The number of pyridine rings is 1. The van der Waals surface area contributed by atoms with E-state index in [1.165, 1.54) is 23.0 Å². The molecular formula is C17H16FN6O7P. The average Bonchev–Trinajstić information content (AvgIpc) is 3.29. The predicted octanol–water partition coefficient (Wildman–Crippen LogP) is 0.831. The molecule has 0 spiro atoms. The van der Waals surface area contributed by atoms with Crippen molar-refractivity contribution in [3.63, 3.8) is 0 Å². The third-order valence-electron chi connectivity index (χ3n) is 4.60. The number of hydrogen-bond acceptors (Lipinski definition) is 9. The minimum absolute atomic E-state index is 0.0830. The number of carbonyl (C=O) groups is 1. The second-order valence-electron chi connectivity index (χ2n) is 6.68. The Morgan fingerprint density at radius 2 is 2.06 bits per heavy atom. The first kappa shape index (κ1) is 21.9. The maximum absolute atomic E-state index is 14.9. The number of carbonyl (C=O) groups excluding carboxylic acids is 1. The topological polar surface area (TPSA) is 173 Å². The van der Waals surface area contributed by atoms with E-state index in [9.17, 15) is 18.9 Å². The SMILES string of the molecule is Cn1nnnc1-c1ccc(-c2ccc(N3C(=O)OC(CO)C3OP(=O)(O)O)cc2F)cn1. The second kappa shape index (κ2) is 8.33. The minimum Gasteiger partial charge on any atom is -0.438 e. The largest absolute Gasteiger partial charge is 0.471 e. The van der Waals surface area contributed by atoms with Crippen LogP contribution in [0.15, 0.2) is 36.5 Å². The van der Waals surface area contributed by atoms with E-state index < -0.39 is 38.7 Å². The molecule has 0 bridgehead atoms. The molecule has 3 N–H and O–H groups in total. The summed E-state index contributed by atoms with van der Waals surface area (Å²) in [5.74, 6) is -0.318. The van der Waals surface area contributed by atoms with Crippen molar-refractivity contribution >= 4 is 19.6 Å². The molecule has 1 aliphatic rings. The molecular weight excluding hydrogens is 450 g/mol. The number of aliphatic hydroxyl groups is 1. The molecule has 1 aromatic carbocycles. The predicted molar refractivity (Wildman–Crippen MR) is 104 cm³/mol. The first-order valence-electron chi connectivity index (χ1n) is 9.01. The summed E-state index contributed by atoms with van der Waals surface area (Å²) in [5, 5.41) is 20.4. The second-order valence-corrected chi connectivity index (χ2v) is 7.88. The molecule has 2 atom stereocenters. The smallest absolute Gasteiger partial charge is 0.438 e. The molecule has 4 rings (SSSR count). The van der Waals surface area contributed by atoms with Crippen LogP contribution in [0, 0.1) is 5.82 Å². The van der Waals surface area contributed by atoms with Crippen molar-refractivity contribution in [3.8, 4) is 22.6 Å². The van der Waals surface area contributed by atoms with Gasteiger partial charge in [-0.25, -0.2) is 23.3 Å². The maximum atomic E-state index is 14.9. The van der Waals surface area contributed by atoms with E-state index in [1.807, 2.05) is 0 Å². The Balaban J connectivity index is 1.63. The highest BCUT2D eigenvalue weighted by Gasteiger charge is 2.46. The zero-order chi connectivity index (χ0) is 23.0. The highest BCUT2D eigenvalue weighted by atomic mass is 31.2. The van der Waals surface area contributed by atoms with Crippen molar-refractivity contribution in [1.29, 1.82) is 0 Å². The molecule has 32 heavy (non-hydrogen) atoms. The molecule has 1 aliphatic heterocycles. The summed E-state index contributed by atoms with van der Waals surface area (Å²) < 4.78 is 37.1. The number of hydrogen-bond donors (Lipinski definition) is 3. The summed E-state index contributed by atoms with van der Waals surface area (Å²) >= 11 is 0. The molecule has 1 fully saturated rings. The summed E-state index contributed by atoms with van der Waals surface area (Å²) in [5.41, 5.74) is 0.974. The Kier molecular flexibility index (Phi) is 5.71. The fourth-order valence-corrected chi connectivity index (χ4v) is 3.68. The van der Waals surface area contributed by atoms with Crippen molar-refractivity contribution in [3.05, 3.63) is 42.3 Å². The van der Waals surface area contributed by atoms with Crippen molar-refractivity contribution in [2.45, 2.75) is 12.3 Å². The fourth-order valence-electron chi connectivity index (χ4n) is 3.17. The summed E-state index contributed by atoms with van der Waals surface area (Å²) in [6, 6.07) is 6.91. The normalized spacial score (nSPS) is 18.8. The monoisotopic (exact) mass is 466 g/mol. The Labute approximate surface area is 179 Å². The Hall–Kier alpha value is -3.29. The van der Waals surface area contributed by atoms with Crippen molar-refractivity contribution in [2.24, 2.45) is 7.05 Å². The van der Waals surface area contributed by atoms with Gasteiger partial charge < -0.3 is 19.6 Å². The van der Waals surface area contributed by atoms with Crippen LogP contribution in [0.25, 0.3) is 22.6 Å². The molecule has 168 valence electrons. The molecule has 1 saturated heterocycles. The molecule has 0 aliphatic carbocycles. The number of nitrogens with zero attached hydrogens (tertiary/aromatic N) is 6. The first-order chi connectivity index (χ1) is 15.2. The highest BCUT2D eigenvalue weighted by Crippen LogP contribution is 2.42. The summed E-state index contributed by atoms with van der Waals surface area (Å²) in [6.45, 7) is -0.757. The van der Waals surface area contributed by atoms with Gasteiger partial charge in [0.2, 0.25) is 0 Å². The lowest BCUT2D eigenvalue weighted by Gasteiger charge is -2.24. The van der Waals surface area contributed by atoms with Gasteiger partial charge in [0.1, 0.15) is 11.5 Å². The van der Waals surface area contributed by atoms with E-state index >= 15 is 0 Å². The number of rotatable bonds is 6. The number of cyclic esters (lactones) is 1. The Morgan fingerprint density at radius 3 is 2.62 bits per heavy atom. The average molecular weight is 466 g/mol. The summed E-state index contributed by atoms with van der Waals surface area (Å²) in [4.78, 5) is 35.4. The zero-order valence-corrected chi connectivity index (χ0v) is 17.2. The van der Waals surface area contributed by atoms with E-state index in [1.54, 1.807) is 19.2 Å². The lowest BCUT2D eigenvalue weighted by atomic mass is 10.1. The van der Waals surface area contributed by atoms with Gasteiger partial charge in [0.15, 0.2) is 18.2 Å². The van der Waals surface area contributed by atoms with Crippen LogP contribution in [-0.4, -0.2) is 65.1 Å². The maximum Gasteiger partial charge on any atom is 0.471 e. The molecule has 1 amide bonds. The zero-order valence-electron chi connectivity index (χ0n) is 16.3. The van der Waals surface area contributed by atoms with Crippen LogP contribution in [0.5, 0.6) is 0 Å². The van der Waals surface area contributed by atoms with Crippen molar-refractivity contribution < 1.29 is 37.9 Å². The molecule has 15 heteroatoms. The molecule has 2 unspecified atom stereocenters. The number of anilines is 1. The molecule has 2 aromatic heterocycles. The number of tetrazole rings is 1. The standard InChI is InChI=1S/C17H16FN6O7P/c1-23-15(20-21-22-23)13-5-2-9(7-19-13)11-4-3-10(6-12(11)18)24-16(31-32(27,28)29)14(8-25)30-17(24)26/h2-7,14,16,25H,8H2,1H3,(H2,27,28,29). The fraction of sp³-hybridized carbons (Fsp3) is 0.235. The third-order valence-corrected chi connectivity index (χ3v) is 5.09. The highest BCUT2D eigenvalue weighted by molar-refractivity contribution is 7.46. The molecule has 3 aromatic rings. The lowest BCUT2D eigenvalue weighted by Crippen LogP contribution is -2.39. The van der Waals surface area contributed by atoms with Crippen molar-refractivity contribution in [1.82, 2.24) is 25.2 Å². The van der Waals surface area contributed by atoms with Gasteiger partial charge in [0.25, 0.3) is 0 Å². The Bertz CT molecular complexity index is 1200. The van der Waals surface area contributed by atoms with Gasteiger partial charge in [0.05, 0.1) is 12.3 Å².